The van der Waals surface area contributed by atoms with Crippen molar-refractivity contribution in [3.8, 4) is 0 Å². The molecule has 0 saturated heterocycles. The first kappa shape index (κ1) is 18.4. The molecule has 0 aliphatic carbocycles. The maximum atomic E-state index is 4.17. The van der Waals surface area contributed by atoms with E-state index in [0.29, 0.717) is 0 Å². The first-order valence-corrected chi connectivity index (χ1v) is 9.76. The highest BCUT2D eigenvalue weighted by atomic mass is 79.9. The highest BCUT2D eigenvalue weighted by Crippen LogP contribution is 2.19. The van der Waals surface area contributed by atoms with E-state index in [-0.39, 0.29) is 0 Å². The molecule has 128 valence electrons. The summed E-state index contributed by atoms with van der Waals surface area (Å²) in [6, 6.07) is 16.4. The lowest BCUT2D eigenvalue weighted by atomic mass is 10.0. The second-order valence-corrected chi connectivity index (χ2v) is 8.05. The van der Waals surface area contributed by atoms with Gasteiger partial charge >= 0.3 is 0 Å². The number of benzene rings is 2. The van der Waals surface area contributed by atoms with Gasteiger partial charge in [0.05, 0.1) is 0 Å². The number of halogens is 1. The topological polar surface area (TPSA) is 0 Å². The maximum Gasteiger partial charge on any atom is 0.0355 e. The van der Waals surface area contributed by atoms with E-state index in [1.807, 2.05) is 48.6 Å². The molecule has 0 unspecified atom stereocenters. The fourth-order valence-electron chi connectivity index (χ4n) is 2.61. The molecular formula is C24H19BrS. The summed E-state index contributed by atoms with van der Waals surface area (Å²) in [6.45, 7) is 16.6. The third kappa shape index (κ3) is 4.04. The molecule has 0 spiro atoms. The molecule has 2 aromatic carbocycles. The van der Waals surface area contributed by atoms with Gasteiger partial charge in [-0.3, -0.25) is 0 Å². The van der Waals surface area contributed by atoms with Crippen molar-refractivity contribution in [3.05, 3.63) is 111 Å². The maximum absolute atomic E-state index is 4.17. The van der Waals surface area contributed by atoms with E-state index in [0.717, 1.165) is 36.5 Å². The lowest BCUT2D eigenvalue weighted by molar-refractivity contribution is 1.58. The minimum absolute atomic E-state index is 0.859. The molecule has 0 saturated carbocycles. The Morgan fingerprint density at radius 2 is 1.58 bits per heavy atom. The van der Waals surface area contributed by atoms with Gasteiger partial charge in [0.15, 0.2) is 0 Å². The van der Waals surface area contributed by atoms with Crippen LogP contribution in [0.25, 0.3) is 28.3 Å². The summed E-state index contributed by atoms with van der Waals surface area (Å²) >= 11 is 5.15. The van der Waals surface area contributed by atoms with Crippen LogP contribution < -0.4 is 9.75 Å². The third-order valence-electron chi connectivity index (χ3n) is 4.14. The predicted molar refractivity (Wildman–Crippen MR) is 122 cm³/mol. The van der Waals surface area contributed by atoms with Crippen LogP contribution in [0.4, 0.5) is 0 Å². The lowest BCUT2D eigenvalue weighted by Gasteiger charge is -2.02. The average molecular weight is 419 g/mol. The molecular weight excluding hydrogens is 400 g/mol. The third-order valence-corrected chi connectivity index (χ3v) is 5.71. The van der Waals surface area contributed by atoms with Crippen molar-refractivity contribution in [3.63, 3.8) is 0 Å². The van der Waals surface area contributed by atoms with Gasteiger partial charge in [0.1, 0.15) is 0 Å². The van der Waals surface area contributed by atoms with Crippen molar-refractivity contribution in [1.82, 2.24) is 0 Å². The van der Waals surface area contributed by atoms with Crippen molar-refractivity contribution in [1.29, 1.82) is 0 Å². The molecule has 1 heterocycles. The summed E-state index contributed by atoms with van der Waals surface area (Å²) in [5.74, 6) is 0. The number of hydrogen-bond acceptors (Lipinski definition) is 1. The minimum atomic E-state index is 0.859. The Hall–Kier alpha value is -2.42. The molecule has 0 fully saturated rings. The standard InChI is InChI=1S/C24H19BrS/c1-16(9-10-17(2)20-11-13-21(25)14-12-20)18(3)15-23-19(4)26-24-8-6-5-7-22(23)24/h5-15H,1-4H2/b10-9-,23-15+. The minimum Gasteiger partial charge on any atom is -0.136 e. The fraction of sp³-hybridized carbons (Fsp3) is 0. The first-order valence-electron chi connectivity index (χ1n) is 8.15. The first-order chi connectivity index (χ1) is 12.5. The molecule has 0 aliphatic heterocycles. The van der Waals surface area contributed by atoms with Gasteiger partial charge in [0, 0.05) is 24.3 Å². The number of hydrogen-bond donors (Lipinski definition) is 0. The van der Waals surface area contributed by atoms with Crippen molar-refractivity contribution in [2.24, 2.45) is 0 Å². The Labute approximate surface area is 166 Å². The Balaban J connectivity index is 1.82. The van der Waals surface area contributed by atoms with Crippen LogP contribution in [0.15, 0.2) is 96.0 Å². The normalized spacial score (nSPS) is 12.0. The van der Waals surface area contributed by atoms with E-state index in [2.05, 4.69) is 60.5 Å². The van der Waals surface area contributed by atoms with Crippen LogP contribution in [0, 0.1) is 0 Å². The lowest BCUT2D eigenvalue weighted by Crippen LogP contribution is -2.16. The van der Waals surface area contributed by atoms with Gasteiger partial charge < -0.3 is 0 Å². The molecule has 0 nitrogen and oxygen atoms in total. The summed E-state index contributed by atoms with van der Waals surface area (Å²) in [7, 11) is 0. The van der Waals surface area contributed by atoms with Crippen molar-refractivity contribution in [2.45, 2.75) is 0 Å². The van der Waals surface area contributed by atoms with Crippen LogP contribution >= 0.6 is 27.3 Å². The molecule has 0 aliphatic rings. The van der Waals surface area contributed by atoms with Crippen molar-refractivity contribution < 1.29 is 0 Å². The van der Waals surface area contributed by atoms with Crippen LogP contribution in [0.1, 0.15) is 5.56 Å². The molecule has 0 N–H and O–H groups in total. The monoisotopic (exact) mass is 418 g/mol. The zero-order valence-electron chi connectivity index (χ0n) is 14.5. The van der Waals surface area contributed by atoms with Gasteiger partial charge in [-0.05, 0) is 46.6 Å². The summed E-state index contributed by atoms with van der Waals surface area (Å²) in [5.41, 5.74) is 3.75. The van der Waals surface area contributed by atoms with E-state index in [4.69, 9.17) is 0 Å². The fourth-order valence-corrected chi connectivity index (χ4v) is 3.85. The SMILES string of the molecule is C=C(/C=C\C(=C)c1ccc(Br)cc1)C(=C)/C=c1\c(=C)sc2ccccc12. The van der Waals surface area contributed by atoms with Crippen LogP contribution in [0.2, 0.25) is 0 Å². The number of fused-ring (bicyclic) bond motifs is 1. The second kappa shape index (κ2) is 7.86. The average Bonchev–Trinajstić information content (AvgIpc) is 2.95. The Kier molecular flexibility index (Phi) is 5.55. The molecule has 0 radical (unpaired) electrons. The summed E-state index contributed by atoms with van der Waals surface area (Å²) in [6.07, 6.45) is 6.00. The summed E-state index contributed by atoms with van der Waals surface area (Å²) in [5, 5.41) is 2.33. The van der Waals surface area contributed by atoms with Gasteiger partial charge in [-0.2, -0.15) is 0 Å². The van der Waals surface area contributed by atoms with Gasteiger partial charge in [0.25, 0.3) is 0 Å². The number of allylic oxidation sites excluding steroid dienone is 5. The quantitative estimate of drug-likeness (QED) is 0.430. The van der Waals surface area contributed by atoms with Crippen LogP contribution in [0.5, 0.6) is 0 Å². The summed E-state index contributed by atoms with van der Waals surface area (Å²) in [4.78, 5) is 0. The molecule has 0 amide bonds. The van der Waals surface area contributed by atoms with Gasteiger partial charge in [0.2, 0.25) is 0 Å². The van der Waals surface area contributed by atoms with E-state index in [1.54, 1.807) is 11.3 Å². The highest BCUT2D eigenvalue weighted by molar-refractivity contribution is 9.10. The Morgan fingerprint density at radius 1 is 0.885 bits per heavy atom. The van der Waals surface area contributed by atoms with Gasteiger partial charge in [-0.15, -0.1) is 11.3 Å². The Morgan fingerprint density at radius 3 is 2.31 bits per heavy atom. The van der Waals surface area contributed by atoms with E-state index >= 15 is 0 Å². The molecule has 3 rings (SSSR count). The van der Waals surface area contributed by atoms with E-state index in [1.165, 1.54) is 10.1 Å². The predicted octanol–water partition coefficient (Wildman–Crippen LogP) is 6.24. The highest BCUT2D eigenvalue weighted by Gasteiger charge is 2.01. The van der Waals surface area contributed by atoms with Crippen LogP contribution in [-0.4, -0.2) is 0 Å². The van der Waals surface area contributed by atoms with Crippen molar-refractivity contribution in [2.75, 3.05) is 0 Å². The molecule has 0 bridgehead atoms. The smallest absolute Gasteiger partial charge is 0.0355 e. The van der Waals surface area contributed by atoms with E-state index < -0.39 is 0 Å². The zero-order valence-corrected chi connectivity index (χ0v) is 16.9. The number of thiophene rings is 1. The summed E-state index contributed by atoms with van der Waals surface area (Å²) < 4.78 is 3.34. The molecule has 1 aromatic heterocycles. The van der Waals surface area contributed by atoms with Crippen LogP contribution in [-0.2, 0) is 0 Å². The van der Waals surface area contributed by atoms with E-state index in [9.17, 15) is 0 Å². The number of rotatable bonds is 5. The van der Waals surface area contributed by atoms with Crippen LogP contribution in [0.3, 0.4) is 0 Å². The van der Waals surface area contributed by atoms with Crippen molar-refractivity contribution >= 4 is 55.6 Å². The largest absolute Gasteiger partial charge is 0.136 e. The second-order valence-electron chi connectivity index (χ2n) is 6.00. The molecule has 26 heavy (non-hydrogen) atoms. The molecule has 3 aromatic rings. The Bertz CT molecular complexity index is 1140. The van der Waals surface area contributed by atoms with Gasteiger partial charge in [-0.1, -0.05) is 84.7 Å². The zero-order chi connectivity index (χ0) is 18.7. The molecule has 2 heteroatoms. The van der Waals surface area contributed by atoms with Gasteiger partial charge in [-0.25, -0.2) is 0 Å². The molecule has 0 atom stereocenters.